The van der Waals surface area contributed by atoms with Crippen LogP contribution in [0.15, 0.2) is 43.0 Å². The highest BCUT2D eigenvalue weighted by Gasteiger charge is 2.18. The molecule has 0 amide bonds. The van der Waals surface area contributed by atoms with E-state index in [1.165, 1.54) is 5.56 Å². The zero-order chi connectivity index (χ0) is 9.73. The van der Waals surface area contributed by atoms with Crippen LogP contribution in [0.4, 0.5) is 0 Å². The summed E-state index contributed by atoms with van der Waals surface area (Å²) in [5, 5.41) is 9.18. The van der Waals surface area contributed by atoms with Crippen molar-refractivity contribution in [1.82, 2.24) is 0 Å². The van der Waals surface area contributed by atoms with E-state index in [0.29, 0.717) is 0 Å². The van der Waals surface area contributed by atoms with Crippen molar-refractivity contribution in [3.05, 3.63) is 48.6 Å². The monoisotopic (exact) mass is 176 g/mol. The van der Waals surface area contributed by atoms with Gasteiger partial charge in [-0.1, -0.05) is 43.3 Å². The molecule has 0 spiro atoms. The molecule has 0 saturated heterocycles. The van der Waals surface area contributed by atoms with Crippen LogP contribution < -0.4 is 0 Å². The van der Waals surface area contributed by atoms with E-state index in [1.54, 1.807) is 0 Å². The Bertz CT molecular complexity index is 266. The number of rotatable bonds is 4. The number of benzene rings is 1. The third kappa shape index (κ3) is 2.71. The highest BCUT2D eigenvalue weighted by atomic mass is 16.3. The maximum atomic E-state index is 9.18. The van der Waals surface area contributed by atoms with Crippen LogP contribution in [0.25, 0.3) is 0 Å². The summed E-state index contributed by atoms with van der Waals surface area (Å²) >= 11 is 0. The Labute approximate surface area is 79.7 Å². The second kappa shape index (κ2) is 4.24. The predicted octanol–water partition coefficient (Wildman–Crippen LogP) is 2.41. The minimum Gasteiger partial charge on any atom is -0.395 e. The zero-order valence-corrected chi connectivity index (χ0v) is 8.03. The molecular formula is C12H16O. The average molecular weight is 176 g/mol. The van der Waals surface area contributed by atoms with Gasteiger partial charge in [0.1, 0.15) is 0 Å². The Hall–Kier alpha value is -1.08. The first-order valence-electron chi connectivity index (χ1n) is 4.48. The van der Waals surface area contributed by atoms with Gasteiger partial charge in [0, 0.05) is 5.41 Å². The van der Waals surface area contributed by atoms with Gasteiger partial charge in [-0.25, -0.2) is 0 Å². The molecule has 13 heavy (non-hydrogen) atoms. The molecule has 0 fully saturated rings. The third-order valence-electron chi connectivity index (χ3n) is 2.30. The van der Waals surface area contributed by atoms with Gasteiger partial charge in [0.25, 0.3) is 0 Å². The van der Waals surface area contributed by atoms with Crippen LogP contribution >= 0.6 is 0 Å². The fourth-order valence-corrected chi connectivity index (χ4v) is 1.25. The van der Waals surface area contributed by atoms with Crippen LogP contribution in [0.5, 0.6) is 0 Å². The topological polar surface area (TPSA) is 20.2 Å². The normalized spacial score (nSPS) is 14.9. The van der Waals surface area contributed by atoms with Crippen molar-refractivity contribution in [1.29, 1.82) is 0 Å². The highest BCUT2D eigenvalue weighted by molar-refractivity contribution is 5.17. The second-order valence-electron chi connectivity index (χ2n) is 3.68. The molecule has 1 rings (SSSR count). The highest BCUT2D eigenvalue weighted by Crippen LogP contribution is 2.22. The molecule has 1 aromatic rings. The fourth-order valence-electron chi connectivity index (χ4n) is 1.25. The average Bonchev–Trinajstić information content (AvgIpc) is 2.19. The molecule has 0 aliphatic heterocycles. The lowest BCUT2D eigenvalue weighted by Crippen LogP contribution is -2.21. The minimum absolute atomic E-state index is 0.144. The molecule has 0 aliphatic carbocycles. The van der Waals surface area contributed by atoms with Crippen LogP contribution in [0.2, 0.25) is 0 Å². The molecule has 0 aromatic heterocycles. The molecular weight excluding hydrogens is 160 g/mol. The summed E-state index contributed by atoms with van der Waals surface area (Å²) in [5.74, 6) is 0. The third-order valence-corrected chi connectivity index (χ3v) is 2.30. The molecule has 1 aromatic carbocycles. The van der Waals surface area contributed by atoms with Crippen molar-refractivity contribution in [2.45, 2.75) is 13.3 Å². The van der Waals surface area contributed by atoms with Crippen LogP contribution in [0.1, 0.15) is 12.5 Å². The molecule has 1 nitrogen and oxygen atoms in total. The van der Waals surface area contributed by atoms with Crippen molar-refractivity contribution < 1.29 is 5.11 Å². The summed E-state index contributed by atoms with van der Waals surface area (Å²) in [5.41, 5.74) is 1.04. The van der Waals surface area contributed by atoms with E-state index in [-0.39, 0.29) is 12.0 Å². The van der Waals surface area contributed by atoms with Crippen molar-refractivity contribution in [2.75, 3.05) is 6.61 Å². The molecule has 1 heteroatoms. The van der Waals surface area contributed by atoms with E-state index in [1.807, 2.05) is 31.2 Å². The van der Waals surface area contributed by atoms with Gasteiger partial charge in [0.15, 0.2) is 0 Å². The summed E-state index contributed by atoms with van der Waals surface area (Å²) < 4.78 is 0. The van der Waals surface area contributed by atoms with E-state index in [9.17, 15) is 5.11 Å². The van der Waals surface area contributed by atoms with Gasteiger partial charge in [-0.05, 0) is 12.0 Å². The van der Waals surface area contributed by atoms with E-state index in [2.05, 4.69) is 18.7 Å². The fraction of sp³-hybridized carbons (Fsp3) is 0.333. The number of aliphatic hydroxyl groups is 1. The Kier molecular flexibility index (Phi) is 3.26. The van der Waals surface area contributed by atoms with Crippen LogP contribution in [0, 0.1) is 5.41 Å². The van der Waals surface area contributed by atoms with Gasteiger partial charge in [-0.3, -0.25) is 0 Å². The molecule has 0 saturated carbocycles. The molecule has 0 radical (unpaired) electrons. The van der Waals surface area contributed by atoms with Gasteiger partial charge in [-0.15, -0.1) is 6.58 Å². The van der Waals surface area contributed by atoms with Crippen LogP contribution in [0.3, 0.4) is 0 Å². The molecule has 0 bridgehead atoms. The predicted molar refractivity (Wildman–Crippen MR) is 55.5 cm³/mol. The first kappa shape index (κ1) is 10.0. The standard InChI is InChI=1S/C12H16O/c1-3-12(2,10-13)9-11-7-5-4-6-8-11/h3-8,13H,1,9-10H2,2H3. The molecule has 1 unspecified atom stereocenters. The summed E-state index contributed by atoms with van der Waals surface area (Å²) in [6, 6.07) is 10.1. The Morgan fingerprint density at radius 3 is 2.46 bits per heavy atom. The van der Waals surface area contributed by atoms with E-state index in [0.717, 1.165) is 6.42 Å². The summed E-state index contributed by atoms with van der Waals surface area (Å²) in [6.07, 6.45) is 2.66. The first-order chi connectivity index (χ1) is 6.20. The maximum absolute atomic E-state index is 9.18. The van der Waals surface area contributed by atoms with Crippen LogP contribution in [-0.4, -0.2) is 11.7 Å². The number of hydrogen-bond acceptors (Lipinski definition) is 1. The van der Waals surface area contributed by atoms with E-state index >= 15 is 0 Å². The summed E-state index contributed by atoms with van der Waals surface area (Å²) in [4.78, 5) is 0. The molecule has 70 valence electrons. The molecule has 1 atom stereocenters. The van der Waals surface area contributed by atoms with E-state index in [4.69, 9.17) is 0 Å². The van der Waals surface area contributed by atoms with Gasteiger partial charge in [0.05, 0.1) is 6.61 Å². The summed E-state index contributed by atoms with van der Waals surface area (Å²) in [7, 11) is 0. The summed E-state index contributed by atoms with van der Waals surface area (Å²) in [6.45, 7) is 5.89. The van der Waals surface area contributed by atoms with Crippen molar-refractivity contribution in [2.24, 2.45) is 5.41 Å². The van der Waals surface area contributed by atoms with Crippen molar-refractivity contribution in [3.8, 4) is 0 Å². The van der Waals surface area contributed by atoms with Gasteiger partial charge >= 0.3 is 0 Å². The largest absolute Gasteiger partial charge is 0.395 e. The van der Waals surface area contributed by atoms with Gasteiger partial charge < -0.3 is 5.11 Å². The lowest BCUT2D eigenvalue weighted by atomic mass is 9.85. The second-order valence-corrected chi connectivity index (χ2v) is 3.68. The lowest BCUT2D eigenvalue weighted by molar-refractivity contribution is 0.184. The van der Waals surface area contributed by atoms with Gasteiger partial charge in [-0.2, -0.15) is 0 Å². The maximum Gasteiger partial charge on any atom is 0.0522 e. The first-order valence-corrected chi connectivity index (χ1v) is 4.48. The van der Waals surface area contributed by atoms with Crippen molar-refractivity contribution >= 4 is 0 Å². The molecule has 1 N–H and O–H groups in total. The number of hydrogen-bond donors (Lipinski definition) is 1. The smallest absolute Gasteiger partial charge is 0.0522 e. The number of aliphatic hydroxyl groups excluding tert-OH is 1. The minimum atomic E-state index is -0.193. The van der Waals surface area contributed by atoms with Gasteiger partial charge in [0.2, 0.25) is 0 Å². The SMILES string of the molecule is C=CC(C)(CO)Cc1ccccc1. The Morgan fingerprint density at radius 2 is 2.00 bits per heavy atom. The Morgan fingerprint density at radius 1 is 1.38 bits per heavy atom. The zero-order valence-electron chi connectivity index (χ0n) is 8.03. The quantitative estimate of drug-likeness (QED) is 0.698. The molecule has 0 heterocycles. The van der Waals surface area contributed by atoms with E-state index < -0.39 is 0 Å². The van der Waals surface area contributed by atoms with Crippen LogP contribution in [-0.2, 0) is 6.42 Å². The Balaban J connectivity index is 2.73. The van der Waals surface area contributed by atoms with Crippen molar-refractivity contribution in [3.63, 3.8) is 0 Å². The lowest BCUT2D eigenvalue weighted by Gasteiger charge is -2.22. The molecule has 0 aliphatic rings.